The summed E-state index contributed by atoms with van der Waals surface area (Å²) in [6, 6.07) is 7.62. The van der Waals surface area contributed by atoms with Crippen molar-refractivity contribution < 1.29 is 9.84 Å². The Morgan fingerprint density at radius 1 is 1.31 bits per heavy atom. The summed E-state index contributed by atoms with van der Waals surface area (Å²) in [5.74, 6) is 0.810. The zero-order valence-corrected chi connectivity index (χ0v) is 9.34. The molecule has 0 atom stereocenters. The van der Waals surface area contributed by atoms with Crippen LogP contribution in [0.5, 0.6) is 5.75 Å². The summed E-state index contributed by atoms with van der Waals surface area (Å²) in [5.41, 5.74) is 2.62. The number of nitrogens with zero attached hydrogens (tertiary/aromatic N) is 2. The molecule has 4 heteroatoms. The molecule has 0 unspecified atom stereocenters. The highest BCUT2D eigenvalue weighted by Crippen LogP contribution is 2.24. The van der Waals surface area contributed by atoms with Crippen LogP contribution in [-0.2, 0) is 13.7 Å². The molecule has 0 saturated carbocycles. The van der Waals surface area contributed by atoms with E-state index in [1.165, 1.54) is 0 Å². The Hall–Kier alpha value is -1.81. The first-order valence-electron chi connectivity index (χ1n) is 5.02. The fraction of sp³-hybridized carbons (Fsp3) is 0.250. The van der Waals surface area contributed by atoms with Crippen molar-refractivity contribution in [2.75, 3.05) is 7.11 Å². The summed E-state index contributed by atoms with van der Waals surface area (Å²) in [7, 11) is 3.47. The van der Waals surface area contributed by atoms with Gasteiger partial charge in [-0.25, -0.2) is 0 Å². The van der Waals surface area contributed by atoms with Crippen LogP contribution in [-0.4, -0.2) is 22.0 Å². The maximum atomic E-state index is 9.22. The van der Waals surface area contributed by atoms with Crippen LogP contribution in [0.2, 0.25) is 0 Å². The number of hydrogen-bond acceptors (Lipinski definition) is 3. The molecule has 16 heavy (non-hydrogen) atoms. The molecule has 1 aromatic carbocycles. The third-order valence-corrected chi connectivity index (χ3v) is 2.44. The largest absolute Gasteiger partial charge is 0.497 e. The van der Waals surface area contributed by atoms with E-state index < -0.39 is 0 Å². The molecular weight excluding hydrogens is 204 g/mol. The van der Waals surface area contributed by atoms with Crippen LogP contribution >= 0.6 is 0 Å². The van der Waals surface area contributed by atoms with E-state index in [0.717, 1.165) is 22.6 Å². The quantitative estimate of drug-likeness (QED) is 0.851. The molecule has 0 aliphatic rings. The van der Waals surface area contributed by atoms with Crippen LogP contribution in [0.1, 0.15) is 5.56 Å². The maximum Gasteiger partial charge on any atom is 0.118 e. The first kappa shape index (κ1) is 10.7. The fourth-order valence-electron chi connectivity index (χ4n) is 1.65. The van der Waals surface area contributed by atoms with Gasteiger partial charge in [0.15, 0.2) is 0 Å². The Bertz CT molecular complexity index is 474. The lowest BCUT2D eigenvalue weighted by atomic mass is 10.1. The number of hydrogen-bond donors (Lipinski definition) is 1. The van der Waals surface area contributed by atoms with Gasteiger partial charge in [-0.1, -0.05) is 0 Å². The molecule has 0 bridgehead atoms. The van der Waals surface area contributed by atoms with Gasteiger partial charge in [0.05, 0.1) is 19.4 Å². The third kappa shape index (κ3) is 1.92. The maximum absolute atomic E-state index is 9.22. The molecule has 1 aromatic heterocycles. The minimum absolute atomic E-state index is 0.00476. The second-order valence-electron chi connectivity index (χ2n) is 3.56. The smallest absolute Gasteiger partial charge is 0.118 e. The molecule has 0 amide bonds. The van der Waals surface area contributed by atoms with Crippen LogP contribution in [0, 0.1) is 0 Å². The van der Waals surface area contributed by atoms with Crippen LogP contribution in [0.4, 0.5) is 0 Å². The van der Waals surface area contributed by atoms with Crippen molar-refractivity contribution in [2.45, 2.75) is 6.61 Å². The molecule has 1 heterocycles. The molecule has 4 nitrogen and oxygen atoms in total. The number of aliphatic hydroxyl groups excluding tert-OH is 1. The van der Waals surface area contributed by atoms with Crippen LogP contribution in [0.15, 0.2) is 30.5 Å². The number of methoxy groups -OCH3 is 1. The standard InChI is InChI=1S/C12H14N2O2/c1-14-7-10(8-15)12(13-14)9-3-5-11(16-2)6-4-9/h3-7,15H,8H2,1-2H3. The minimum Gasteiger partial charge on any atom is -0.497 e. The Balaban J connectivity index is 2.41. The van der Waals surface area contributed by atoms with E-state index in [1.807, 2.05) is 37.5 Å². The van der Waals surface area contributed by atoms with E-state index in [2.05, 4.69) is 5.10 Å². The van der Waals surface area contributed by atoms with Gasteiger partial charge in [-0.2, -0.15) is 5.10 Å². The molecule has 0 aliphatic carbocycles. The number of benzene rings is 1. The van der Waals surface area contributed by atoms with Crippen molar-refractivity contribution >= 4 is 0 Å². The normalized spacial score (nSPS) is 10.4. The zero-order chi connectivity index (χ0) is 11.5. The second kappa shape index (κ2) is 4.37. The predicted molar refractivity (Wildman–Crippen MR) is 61.1 cm³/mol. The topological polar surface area (TPSA) is 47.3 Å². The van der Waals surface area contributed by atoms with E-state index in [1.54, 1.807) is 11.8 Å². The van der Waals surface area contributed by atoms with E-state index in [4.69, 9.17) is 4.74 Å². The van der Waals surface area contributed by atoms with Crippen molar-refractivity contribution in [1.82, 2.24) is 9.78 Å². The highest BCUT2D eigenvalue weighted by atomic mass is 16.5. The molecule has 2 rings (SSSR count). The minimum atomic E-state index is -0.00476. The highest BCUT2D eigenvalue weighted by Gasteiger charge is 2.08. The van der Waals surface area contributed by atoms with E-state index in [9.17, 15) is 5.11 Å². The van der Waals surface area contributed by atoms with Gasteiger partial charge in [-0.3, -0.25) is 4.68 Å². The number of aryl methyl sites for hydroxylation is 1. The second-order valence-corrected chi connectivity index (χ2v) is 3.56. The molecule has 0 aliphatic heterocycles. The van der Waals surface area contributed by atoms with Crippen molar-refractivity contribution in [1.29, 1.82) is 0 Å². The lowest BCUT2D eigenvalue weighted by molar-refractivity contribution is 0.282. The average molecular weight is 218 g/mol. The molecular formula is C12H14N2O2. The fourth-order valence-corrected chi connectivity index (χ4v) is 1.65. The van der Waals surface area contributed by atoms with Gasteiger partial charge in [0.25, 0.3) is 0 Å². The summed E-state index contributed by atoms with van der Waals surface area (Å²) < 4.78 is 6.79. The Morgan fingerprint density at radius 3 is 2.56 bits per heavy atom. The molecule has 0 radical (unpaired) electrons. The molecule has 0 spiro atoms. The van der Waals surface area contributed by atoms with Crippen LogP contribution in [0.25, 0.3) is 11.3 Å². The average Bonchev–Trinajstić information content (AvgIpc) is 2.70. The monoisotopic (exact) mass is 218 g/mol. The van der Waals surface area contributed by atoms with Crippen molar-refractivity contribution in [3.63, 3.8) is 0 Å². The number of rotatable bonds is 3. The molecule has 0 fully saturated rings. The molecule has 0 saturated heterocycles. The van der Waals surface area contributed by atoms with Gasteiger partial charge in [-0.05, 0) is 24.3 Å². The summed E-state index contributed by atoms with van der Waals surface area (Å²) in [4.78, 5) is 0. The van der Waals surface area contributed by atoms with E-state index >= 15 is 0 Å². The number of ether oxygens (including phenoxy) is 1. The number of aliphatic hydroxyl groups is 1. The summed E-state index contributed by atoms with van der Waals surface area (Å²) in [6.45, 7) is -0.00476. The van der Waals surface area contributed by atoms with Crippen LogP contribution in [0.3, 0.4) is 0 Å². The van der Waals surface area contributed by atoms with E-state index in [-0.39, 0.29) is 6.61 Å². The SMILES string of the molecule is COc1ccc(-c2nn(C)cc2CO)cc1. The van der Waals surface area contributed by atoms with E-state index in [0.29, 0.717) is 0 Å². The number of aromatic nitrogens is 2. The first-order valence-corrected chi connectivity index (χ1v) is 5.02. The summed E-state index contributed by atoms with van der Waals surface area (Å²) in [5, 5.41) is 13.5. The molecule has 2 aromatic rings. The molecule has 84 valence electrons. The lowest BCUT2D eigenvalue weighted by Crippen LogP contribution is -1.89. The lowest BCUT2D eigenvalue weighted by Gasteiger charge is -2.02. The Labute approximate surface area is 94.1 Å². The highest BCUT2D eigenvalue weighted by molar-refractivity contribution is 5.63. The summed E-state index contributed by atoms with van der Waals surface area (Å²) in [6.07, 6.45) is 1.82. The van der Waals surface area contributed by atoms with Gasteiger partial charge in [0.1, 0.15) is 5.75 Å². The van der Waals surface area contributed by atoms with Gasteiger partial charge in [0.2, 0.25) is 0 Å². The first-order chi connectivity index (χ1) is 7.74. The van der Waals surface area contributed by atoms with Crippen molar-refractivity contribution in [3.8, 4) is 17.0 Å². The van der Waals surface area contributed by atoms with Crippen molar-refractivity contribution in [2.24, 2.45) is 7.05 Å². The van der Waals surface area contributed by atoms with Gasteiger partial charge >= 0.3 is 0 Å². The van der Waals surface area contributed by atoms with Crippen molar-refractivity contribution in [3.05, 3.63) is 36.0 Å². The Morgan fingerprint density at radius 2 is 2.00 bits per heavy atom. The van der Waals surface area contributed by atoms with Gasteiger partial charge in [-0.15, -0.1) is 0 Å². The predicted octanol–water partition coefficient (Wildman–Crippen LogP) is 1.59. The molecule has 1 N–H and O–H groups in total. The zero-order valence-electron chi connectivity index (χ0n) is 9.34. The van der Waals surface area contributed by atoms with Gasteiger partial charge < -0.3 is 9.84 Å². The third-order valence-electron chi connectivity index (χ3n) is 2.44. The Kier molecular flexibility index (Phi) is 2.92. The summed E-state index contributed by atoms with van der Waals surface area (Å²) >= 11 is 0. The van der Waals surface area contributed by atoms with Gasteiger partial charge in [0, 0.05) is 24.4 Å². The van der Waals surface area contributed by atoms with Crippen LogP contribution < -0.4 is 4.74 Å².